The second kappa shape index (κ2) is 5.15. The minimum atomic E-state index is -0.393. The molecule has 0 unspecified atom stereocenters. The van der Waals surface area contributed by atoms with Crippen LogP contribution >= 0.6 is 27.3 Å². The average Bonchev–Trinajstić information content (AvgIpc) is 2.94. The van der Waals surface area contributed by atoms with Gasteiger partial charge in [0, 0.05) is 12.1 Å². The Morgan fingerprint density at radius 1 is 1.50 bits per heavy atom. The Balaban J connectivity index is 2.49. The fourth-order valence-electron chi connectivity index (χ4n) is 1.67. The summed E-state index contributed by atoms with van der Waals surface area (Å²) in [5.74, 6) is 1.49. The molecule has 0 saturated carbocycles. The molecule has 2 heterocycles. The van der Waals surface area contributed by atoms with Gasteiger partial charge in [0.05, 0.1) is 15.1 Å². The maximum Gasteiger partial charge on any atom is 0.324 e. The number of hydrogen-bond donors (Lipinski definition) is 0. The summed E-state index contributed by atoms with van der Waals surface area (Å²) in [5.41, 5.74) is 0. The molecule has 8 heteroatoms. The second-order valence-corrected chi connectivity index (χ2v) is 5.56. The number of nitrogens with zero attached hydrogens (tertiary/aromatic N) is 4. The molecule has 2 aromatic rings. The number of nitro groups is 1. The molecule has 18 heavy (non-hydrogen) atoms. The van der Waals surface area contributed by atoms with Crippen molar-refractivity contribution in [2.45, 2.75) is 25.2 Å². The van der Waals surface area contributed by atoms with Gasteiger partial charge in [-0.15, -0.1) is 10.2 Å². The van der Waals surface area contributed by atoms with Crippen molar-refractivity contribution in [3.05, 3.63) is 28.1 Å². The molecule has 0 aliphatic rings. The van der Waals surface area contributed by atoms with Gasteiger partial charge in [0.2, 0.25) is 0 Å². The lowest BCUT2D eigenvalue weighted by Crippen LogP contribution is -2.06. The zero-order valence-corrected chi connectivity index (χ0v) is 12.2. The largest absolute Gasteiger partial charge is 0.324 e. The van der Waals surface area contributed by atoms with Crippen LogP contribution in [0.5, 0.6) is 0 Å². The Morgan fingerprint density at radius 3 is 2.72 bits per heavy atom. The van der Waals surface area contributed by atoms with Gasteiger partial charge in [0.25, 0.3) is 0 Å². The quantitative estimate of drug-likeness (QED) is 0.489. The first-order chi connectivity index (χ1) is 8.54. The van der Waals surface area contributed by atoms with E-state index in [4.69, 9.17) is 0 Å². The molecule has 6 nitrogen and oxygen atoms in total. The van der Waals surface area contributed by atoms with Crippen molar-refractivity contribution in [2.24, 2.45) is 0 Å². The third-order valence-electron chi connectivity index (χ3n) is 2.39. The van der Waals surface area contributed by atoms with Gasteiger partial charge in [0.1, 0.15) is 5.82 Å². The van der Waals surface area contributed by atoms with Crippen LogP contribution < -0.4 is 0 Å². The van der Waals surface area contributed by atoms with Crippen molar-refractivity contribution in [1.29, 1.82) is 0 Å². The summed E-state index contributed by atoms with van der Waals surface area (Å²) in [6, 6.07) is 3.40. The van der Waals surface area contributed by atoms with Gasteiger partial charge in [-0.2, -0.15) is 0 Å². The summed E-state index contributed by atoms with van der Waals surface area (Å²) in [4.78, 5) is 11.1. The van der Waals surface area contributed by atoms with Gasteiger partial charge in [-0.25, -0.2) is 0 Å². The predicted molar refractivity (Wildman–Crippen MR) is 73.0 cm³/mol. The monoisotopic (exact) mass is 330 g/mol. The Kier molecular flexibility index (Phi) is 3.76. The van der Waals surface area contributed by atoms with Crippen molar-refractivity contribution in [3.8, 4) is 10.7 Å². The summed E-state index contributed by atoms with van der Waals surface area (Å²) in [5, 5.41) is 19.6. The lowest BCUT2D eigenvalue weighted by Gasteiger charge is -2.11. The molecular formula is C10H11BrN4O2S. The van der Waals surface area contributed by atoms with Crippen LogP contribution in [0.1, 0.15) is 25.7 Å². The normalized spacial score (nSPS) is 11.1. The number of aromatic nitrogens is 3. The van der Waals surface area contributed by atoms with Crippen LogP contribution in [0.25, 0.3) is 10.7 Å². The topological polar surface area (TPSA) is 73.8 Å². The smallest absolute Gasteiger partial charge is 0.307 e. The summed E-state index contributed by atoms with van der Waals surface area (Å²) in [6.07, 6.45) is 0. The molecule has 0 saturated heterocycles. The van der Waals surface area contributed by atoms with Gasteiger partial charge >= 0.3 is 5.00 Å². The molecule has 0 radical (unpaired) electrons. The van der Waals surface area contributed by atoms with E-state index < -0.39 is 4.92 Å². The third kappa shape index (κ3) is 2.30. The minimum Gasteiger partial charge on any atom is -0.307 e. The van der Waals surface area contributed by atoms with Crippen LogP contribution in [-0.4, -0.2) is 19.7 Å². The van der Waals surface area contributed by atoms with Gasteiger partial charge in [-0.05, 0) is 19.9 Å². The van der Waals surface area contributed by atoms with E-state index in [1.807, 2.05) is 18.4 Å². The minimum absolute atomic E-state index is 0.115. The van der Waals surface area contributed by atoms with Gasteiger partial charge in [-0.1, -0.05) is 27.3 Å². The van der Waals surface area contributed by atoms with Crippen molar-refractivity contribution < 1.29 is 4.92 Å². The highest BCUT2D eigenvalue weighted by Gasteiger charge is 2.19. The van der Waals surface area contributed by atoms with Crippen molar-refractivity contribution in [3.63, 3.8) is 0 Å². The molecule has 2 aromatic heterocycles. The summed E-state index contributed by atoms with van der Waals surface area (Å²) >= 11 is 4.47. The molecule has 0 aliphatic carbocycles. The number of alkyl halides is 1. The van der Waals surface area contributed by atoms with Gasteiger partial charge in [-0.3, -0.25) is 10.1 Å². The van der Waals surface area contributed by atoms with Crippen LogP contribution in [0, 0.1) is 10.1 Å². The van der Waals surface area contributed by atoms with E-state index in [0.717, 1.165) is 22.0 Å². The first kappa shape index (κ1) is 13.2. The van der Waals surface area contributed by atoms with Crippen molar-refractivity contribution in [2.75, 3.05) is 0 Å². The number of hydrogen-bond acceptors (Lipinski definition) is 5. The number of halogens is 1. The highest BCUT2D eigenvalue weighted by molar-refractivity contribution is 9.08. The molecular weight excluding hydrogens is 320 g/mol. The number of rotatable bonds is 4. The molecule has 0 aromatic carbocycles. The van der Waals surface area contributed by atoms with Crippen LogP contribution in [0.2, 0.25) is 0 Å². The Morgan fingerprint density at radius 2 is 2.22 bits per heavy atom. The molecule has 2 rings (SSSR count). The van der Waals surface area contributed by atoms with Crippen LogP contribution in [0.15, 0.2) is 12.1 Å². The maximum atomic E-state index is 10.7. The molecule has 0 bridgehead atoms. The van der Waals surface area contributed by atoms with Gasteiger partial charge < -0.3 is 4.57 Å². The van der Waals surface area contributed by atoms with E-state index in [-0.39, 0.29) is 11.0 Å². The molecule has 0 atom stereocenters. The Bertz CT molecular complexity index is 578. The first-order valence-electron chi connectivity index (χ1n) is 5.29. The summed E-state index contributed by atoms with van der Waals surface area (Å²) < 4.78 is 1.98. The van der Waals surface area contributed by atoms with Crippen LogP contribution in [0.4, 0.5) is 5.00 Å². The van der Waals surface area contributed by atoms with E-state index in [0.29, 0.717) is 11.2 Å². The second-order valence-electron chi connectivity index (χ2n) is 3.93. The zero-order chi connectivity index (χ0) is 13.3. The van der Waals surface area contributed by atoms with Crippen LogP contribution in [0.3, 0.4) is 0 Å². The van der Waals surface area contributed by atoms with E-state index in [2.05, 4.69) is 26.1 Å². The molecule has 0 aliphatic heterocycles. The van der Waals surface area contributed by atoms with Gasteiger partial charge in [0.15, 0.2) is 5.82 Å². The van der Waals surface area contributed by atoms with E-state index >= 15 is 0 Å². The average molecular weight is 331 g/mol. The van der Waals surface area contributed by atoms with E-state index in [9.17, 15) is 10.1 Å². The van der Waals surface area contributed by atoms with E-state index in [1.54, 1.807) is 6.07 Å². The molecule has 0 amide bonds. The summed E-state index contributed by atoms with van der Waals surface area (Å²) in [6.45, 7) is 4.06. The molecule has 0 spiro atoms. The van der Waals surface area contributed by atoms with Crippen molar-refractivity contribution in [1.82, 2.24) is 14.8 Å². The third-order valence-corrected chi connectivity index (χ3v) is 3.93. The summed E-state index contributed by atoms with van der Waals surface area (Å²) in [7, 11) is 0. The highest BCUT2D eigenvalue weighted by Crippen LogP contribution is 2.33. The standard InChI is InChI=1S/C10H11BrN4O2S/c1-6(2)14-8(5-11)12-13-10(14)7-3-4-9(18-7)15(16)17/h3-4,6H,5H2,1-2H3. The lowest BCUT2D eigenvalue weighted by atomic mass is 10.3. The SMILES string of the molecule is CC(C)n1c(CBr)nnc1-c1ccc([N+](=O)[O-])s1. The molecule has 0 fully saturated rings. The van der Waals surface area contributed by atoms with Crippen molar-refractivity contribution >= 4 is 32.3 Å². The highest BCUT2D eigenvalue weighted by atomic mass is 79.9. The maximum absolute atomic E-state index is 10.7. The molecule has 0 N–H and O–H groups in total. The fraction of sp³-hybridized carbons (Fsp3) is 0.400. The van der Waals surface area contributed by atoms with Crippen LogP contribution in [-0.2, 0) is 5.33 Å². The molecule has 96 valence electrons. The Labute approximate surface area is 116 Å². The fourth-order valence-corrected chi connectivity index (χ4v) is 2.86. The lowest BCUT2D eigenvalue weighted by molar-refractivity contribution is -0.380. The first-order valence-corrected chi connectivity index (χ1v) is 7.22. The Hall–Kier alpha value is -1.28. The van der Waals surface area contributed by atoms with E-state index in [1.165, 1.54) is 6.07 Å². The number of thiophene rings is 1. The predicted octanol–water partition coefficient (Wildman–Crippen LogP) is 3.39. The zero-order valence-electron chi connectivity index (χ0n) is 9.83.